The van der Waals surface area contributed by atoms with Crippen LogP contribution in [-0.2, 0) is 4.79 Å². The van der Waals surface area contributed by atoms with Crippen molar-refractivity contribution in [3.05, 3.63) is 0 Å². The van der Waals surface area contributed by atoms with E-state index < -0.39 is 5.97 Å². The number of amides is 2. The van der Waals surface area contributed by atoms with Crippen molar-refractivity contribution in [1.82, 2.24) is 10.2 Å². The SMILES string of the molecule is CCC(C)(C)CNC(=O)N(CC(=O)O)C1CC1. The van der Waals surface area contributed by atoms with Gasteiger partial charge in [0.1, 0.15) is 6.54 Å². The second-order valence-corrected chi connectivity index (χ2v) is 5.43. The highest BCUT2D eigenvalue weighted by Gasteiger charge is 2.34. The molecule has 17 heavy (non-hydrogen) atoms. The summed E-state index contributed by atoms with van der Waals surface area (Å²) in [6.07, 6.45) is 2.80. The fourth-order valence-electron chi connectivity index (χ4n) is 1.44. The number of carbonyl (C=O) groups excluding carboxylic acids is 1. The Kier molecular flexibility index (Phi) is 4.37. The Balaban J connectivity index is 2.45. The van der Waals surface area contributed by atoms with Crippen LogP contribution in [0, 0.1) is 5.41 Å². The van der Waals surface area contributed by atoms with Gasteiger partial charge < -0.3 is 15.3 Å². The minimum absolute atomic E-state index is 0.0497. The van der Waals surface area contributed by atoms with Gasteiger partial charge in [-0.2, -0.15) is 0 Å². The van der Waals surface area contributed by atoms with Crippen molar-refractivity contribution in [2.24, 2.45) is 5.41 Å². The topological polar surface area (TPSA) is 69.6 Å². The minimum Gasteiger partial charge on any atom is -0.480 e. The van der Waals surface area contributed by atoms with Crippen LogP contribution in [0.1, 0.15) is 40.0 Å². The second-order valence-electron chi connectivity index (χ2n) is 5.43. The van der Waals surface area contributed by atoms with E-state index in [1.54, 1.807) is 0 Å². The summed E-state index contributed by atoms with van der Waals surface area (Å²) < 4.78 is 0. The van der Waals surface area contributed by atoms with Crippen LogP contribution in [0.2, 0.25) is 0 Å². The lowest BCUT2D eigenvalue weighted by molar-refractivity contribution is -0.137. The van der Waals surface area contributed by atoms with E-state index in [1.807, 2.05) is 0 Å². The van der Waals surface area contributed by atoms with Crippen molar-refractivity contribution in [2.75, 3.05) is 13.1 Å². The molecule has 0 aliphatic heterocycles. The maximum Gasteiger partial charge on any atom is 0.323 e. The predicted octanol–water partition coefficient (Wildman–Crippen LogP) is 1.68. The number of hydrogen-bond donors (Lipinski definition) is 2. The molecule has 0 saturated heterocycles. The highest BCUT2D eigenvalue weighted by atomic mass is 16.4. The van der Waals surface area contributed by atoms with Crippen molar-refractivity contribution in [2.45, 2.75) is 46.1 Å². The predicted molar refractivity (Wildman–Crippen MR) is 64.8 cm³/mol. The number of urea groups is 1. The second kappa shape index (κ2) is 5.38. The quantitative estimate of drug-likeness (QED) is 0.744. The van der Waals surface area contributed by atoms with Crippen LogP contribution in [0.25, 0.3) is 0 Å². The summed E-state index contributed by atoms with van der Waals surface area (Å²) in [4.78, 5) is 24.0. The first-order valence-electron chi connectivity index (χ1n) is 6.12. The third-order valence-electron chi connectivity index (χ3n) is 3.23. The number of carboxylic acids is 1. The van der Waals surface area contributed by atoms with E-state index in [9.17, 15) is 9.59 Å². The molecule has 0 bridgehead atoms. The number of carboxylic acid groups (broad SMARTS) is 1. The van der Waals surface area contributed by atoms with Crippen LogP contribution < -0.4 is 5.32 Å². The molecule has 5 nitrogen and oxygen atoms in total. The van der Waals surface area contributed by atoms with E-state index in [2.05, 4.69) is 26.1 Å². The molecular weight excluding hydrogens is 220 g/mol. The van der Waals surface area contributed by atoms with Gasteiger partial charge in [0.25, 0.3) is 0 Å². The molecule has 2 N–H and O–H groups in total. The van der Waals surface area contributed by atoms with E-state index in [1.165, 1.54) is 4.90 Å². The van der Waals surface area contributed by atoms with E-state index in [0.717, 1.165) is 19.3 Å². The molecule has 2 amide bonds. The molecule has 0 radical (unpaired) electrons. The third kappa shape index (κ3) is 4.63. The zero-order valence-corrected chi connectivity index (χ0v) is 10.8. The third-order valence-corrected chi connectivity index (χ3v) is 3.23. The summed E-state index contributed by atoms with van der Waals surface area (Å²) in [6.45, 7) is 6.59. The van der Waals surface area contributed by atoms with Gasteiger partial charge in [-0.05, 0) is 24.7 Å². The largest absolute Gasteiger partial charge is 0.480 e. The molecule has 0 aromatic heterocycles. The number of aliphatic carboxylic acids is 1. The average molecular weight is 242 g/mol. The van der Waals surface area contributed by atoms with Crippen LogP contribution in [-0.4, -0.2) is 41.1 Å². The Hall–Kier alpha value is -1.26. The first kappa shape index (κ1) is 13.8. The summed E-state index contributed by atoms with van der Waals surface area (Å²) in [5.41, 5.74) is 0.0497. The molecule has 98 valence electrons. The monoisotopic (exact) mass is 242 g/mol. The molecule has 1 rings (SSSR count). The lowest BCUT2D eigenvalue weighted by Gasteiger charge is -2.26. The Morgan fingerprint density at radius 3 is 2.41 bits per heavy atom. The fourth-order valence-corrected chi connectivity index (χ4v) is 1.44. The smallest absolute Gasteiger partial charge is 0.323 e. The van der Waals surface area contributed by atoms with E-state index in [-0.39, 0.29) is 24.0 Å². The van der Waals surface area contributed by atoms with E-state index in [4.69, 9.17) is 5.11 Å². The molecule has 1 fully saturated rings. The summed E-state index contributed by atoms with van der Waals surface area (Å²) in [5, 5.41) is 11.6. The highest BCUT2D eigenvalue weighted by Crippen LogP contribution is 2.26. The molecule has 1 aliphatic carbocycles. The number of rotatable bonds is 6. The zero-order valence-electron chi connectivity index (χ0n) is 10.8. The lowest BCUT2D eigenvalue weighted by atomic mass is 9.90. The first-order valence-corrected chi connectivity index (χ1v) is 6.12. The Bertz CT molecular complexity index is 298. The summed E-state index contributed by atoms with van der Waals surface area (Å²) >= 11 is 0. The first-order chi connectivity index (χ1) is 7.85. The average Bonchev–Trinajstić information content (AvgIpc) is 3.06. The number of nitrogens with zero attached hydrogens (tertiary/aromatic N) is 1. The number of nitrogens with one attached hydrogen (secondary N) is 1. The summed E-state index contributed by atoms with van der Waals surface area (Å²) in [7, 11) is 0. The molecule has 1 saturated carbocycles. The molecule has 1 aliphatic rings. The van der Waals surface area contributed by atoms with Gasteiger partial charge in [-0.25, -0.2) is 4.79 Å². The molecular formula is C12H22N2O3. The van der Waals surface area contributed by atoms with Gasteiger partial charge in [0.05, 0.1) is 0 Å². The standard InChI is InChI=1S/C12H22N2O3/c1-4-12(2,3)8-13-11(17)14(7-10(15)16)9-5-6-9/h9H,4-8H2,1-3H3,(H,13,17)(H,15,16). The van der Waals surface area contributed by atoms with Crippen LogP contribution in [0.5, 0.6) is 0 Å². The summed E-state index contributed by atoms with van der Waals surface area (Å²) in [5.74, 6) is -0.957. The Morgan fingerprint density at radius 2 is 2.00 bits per heavy atom. The van der Waals surface area contributed by atoms with E-state index in [0.29, 0.717) is 6.54 Å². The van der Waals surface area contributed by atoms with Gasteiger partial charge in [0.2, 0.25) is 0 Å². The van der Waals surface area contributed by atoms with Gasteiger partial charge in [-0.15, -0.1) is 0 Å². The van der Waals surface area contributed by atoms with Crippen LogP contribution in [0.4, 0.5) is 4.79 Å². The van der Waals surface area contributed by atoms with Crippen LogP contribution in [0.15, 0.2) is 0 Å². The molecule has 0 aromatic carbocycles. The van der Waals surface area contributed by atoms with Crippen molar-refractivity contribution in [3.63, 3.8) is 0 Å². The van der Waals surface area contributed by atoms with Gasteiger partial charge in [0.15, 0.2) is 0 Å². The highest BCUT2D eigenvalue weighted by molar-refractivity contribution is 5.80. The van der Waals surface area contributed by atoms with Crippen molar-refractivity contribution >= 4 is 12.0 Å². The molecule has 0 aromatic rings. The van der Waals surface area contributed by atoms with Crippen molar-refractivity contribution in [1.29, 1.82) is 0 Å². The van der Waals surface area contributed by atoms with Crippen LogP contribution >= 0.6 is 0 Å². The molecule has 0 heterocycles. The van der Waals surface area contributed by atoms with Gasteiger partial charge in [0, 0.05) is 12.6 Å². The molecule has 0 unspecified atom stereocenters. The van der Waals surface area contributed by atoms with E-state index >= 15 is 0 Å². The Morgan fingerprint density at radius 1 is 1.41 bits per heavy atom. The normalized spacial score (nSPS) is 15.5. The molecule has 5 heteroatoms. The maximum atomic E-state index is 11.9. The van der Waals surface area contributed by atoms with Gasteiger partial charge in [-0.1, -0.05) is 20.8 Å². The molecule has 0 spiro atoms. The fraction of sp³-hybridized carbons (Fsp3) is 0.833. The van der Waals surface area contributed by atoms with Crippen molar-refractivity contribution < 1.29 is 14.7 Å². The molecule has 0 atom stereocenters. The lowest BCUT2D eigenvalue weighted by Crippen LogP contribution is -2.46. The number of carbonyl (C=O) groups is 2. The van der Waals surface area contributed by atoms with Crippen molar-refractivity contribution in [3.8, 4) is 0 Å². The van der Waals surface area contributed by atoms with Gasteiger partial charge >= 0.3 is 12.0 Å². The number of hydrogen-bond acceptors (Lipinski definition) is 2. The Labute approximate surface area is 102 Å². The van der Waals surface area contributed by atoms with Gasteiger partial charge in [-0.3, -0.25) is 4.79 Å². The zero-order chi connectivity index (χ0) is 13.1. The minimum atomic E-state index is -0.957. The summed E-state index contributed by atoms with van der Waals surface area (Å²) in [6, 6.07) is -0.132. The van der Waals surface area contributed by atoms with Crippen LogP contribution in [0.3, 0.4) is 0 Å². The maximum absolute atomic E-state index is 11.9.